The predicted molar refractivity (Wildman–Crippen MR) is 116 cm³/mol. The van der Waals surface area contributed by atoms with Crippen LogP contribution in [-0.2, 0) is 0 Å². The van der Waals surface area contributed by atoms with Gasteiger partial charge in [-0.2, -0.15) is 4.98 Å². The Morgan fingerprint density at radius 3 is 2.90 bits per heavy atom. The van der Waals surface area contributed by atoms with Crippen LogP contribution in [0.25, 0.3) is 11.3 Å². The van der Waals surface area contributed by atoms with Crippen molar-refractivity contribution < 1.29 is 14.6 Å². The summed E-state index contributed by atoms with van der Waals surface area (Å²) in [5.41, 5.74) is 2.80. The van der Waals surface area contributed by atoms with Gasteiger partial charge in [-0.3, -0.25) is 0 Å². The van der Waals surface area contributed by atoms with E-state index in [0.29, 0.717) is 22.3 Å². The van der Waals surface area contributed by atoms with Crippen LogP contribution < -0.4 is 14.8 Å². The van der Waals surface area contributed by atoms with Crippen LogP contribution in [0.4, 0.5) is 5.69 Å². The van der Waals surface area contributed by atoms with Crippen molar-refractivity contribution >= 4 is 45.0 Å². The standard InChI is InChI=1S/C19H16BrClN4O3S/c1-3-29-19-23-18-15(24-25-19)11-8-10(20)4-5-13(11)22-17(28-18)9-6-12(21)16(26)14(7-9)27-2/h4-8,17,22,26H,3H2,1-2H3/t17-/m1/s1. The number of hydrogen-bond donors (Lipinski definition) is 2. The third-order valence-electron chi connectivity index (χ3n) is 4.23. The monoisotopic (exact) mass is 494 g/mol. The zero-order valence-electron chi connectivity index (χ0n) is 15.4. The zero-order chi connectivity index (χ0) is 20.5. The summed E-state index contributed by atoms with van der Waals surface area (Å²) in [6.45, 7) is 2.02. The number of ether oxygens (including phenoxy) is 2. The first kappa shape index (κ1) is 20.1. The van der Waals surface area contributed by atoms with Crippen molar-refractivity contribution in [2.45, 2.75) is 18.3 Å². The molecule has 0 spiro atoms. The first-order valence-corrected chi connectivity index (χ1v) is 10.8. The fourth-order valence-corrected chi connectivity index (χ4v) is 4.00. The summed E-state index contributed by atoms with van der Waals surface area (Å²) in [7, 11) is 1.46. The summed E-state index contributed by atoms with van der Waals surface area (Å²) in [4.78, 5) is 4.55. The number of phenols is 1. The molecule has 10 heteroatoms. The van der Waals surface area contributed by atoms with E-state index in [2.05, 4.69) is 36.4 Å². The van der Waals surface area contributed by atoms with Crippen LogP contribution in [0.3, 0.4) is 0 Å². The SMILES string of the molecule is CCSc1nnc2c(n1)O[C@H](c1cc(Cl)c(O)c(OC)c1)Nc1ccc(Br)cc1-2. The van der Waals surface area contributed by atoms with Crippen LogP contribution in [0.2, 0.25) is 5.02 Å². The number of halogens is 2. The van der Waals surface area contributed by atoms with E-state index in [0.717, 1.165) is 21.5 Å². The Kier molecular flexibility index (Phi) is 5.71. The average molecular weight is 496 g/mol. The molecule has 0 fully saturated rings. The molecule has 0 unspecified atom stereocenters. The minimum absolute atomic E-state index is 0.123. The zero-order valence-corrected chi connectivity index (χ0v) is 18.6. The van der Waals surface area contributed by atoms with Crippen LogP contribution in [0, 0.1) is 0 Å². The number of anilines is 1. The molecule has 1 aliphatic rings. The smallest absolute Gasteiger partial charge is 0.247 e. The minimum atomic E-state index is -0.639. The van der Waals surface area contributed by atoms with Gasteiger partial charge in [-0.05, 0) is 36.1 Å². The predicted octanol–water partition coefficient (Wildman–Crippen LogP) is 5.28. The minimum Gasteiger partial charge on any atom is -0.503 e. The fourth-order valence-electron chi connectivity index (χ4n) is 2.91. The summed E-state index contributed by atoms with van der Waals surface area (Å²) in [5.74, 6) is 1.30. The third-order valence-corrected chi connectivity index (χ3v) is 5.74. The maximum Gasteiger partial charge on any atom is 0.247 e. The third kappa shape index (κ3) is 3.94. The van der Waals surface area contributed by atoms with E-state index >= 15 is 0 Å². The van der Waals surface area contributed by atoms with Gasteiger partial charge in [0.1, 0.15) is 0 Å². The Morgan fingerprint density at radius 2 is 2.14 bits per heavy atom. The van der Waals surface area contributed by atoms with E-state index in [1.165, 1.54) is 18.9 Å². The molecule has 2 N–H and O–H groups in total. The van der Waals surface area contributed by atoms with Gasteiger partial charge in [0, 0.05) is 21.3 Å². The molecule has 0 aliphatic carbocycles. The molecule has 2 aromatic carbocycles. The number of fused-ring (bicyclic) bond motifs is 3. The van der Waals surface area contributed by atoms with Gasteiger partial charge in [0.25, 0.3) is 0 Å². The molecule has 0 radical (unpaired) electrons. The maximum atomic E-state index is 10.1. The molecule has 1 aromatic heterocycles. The Morgan fingerprint density at radius 1 is 1.31 bits per heavy atom. The number of rotatable bonds is 4. The van der Waals surface area contributed by atoms with E-state index < -0.39 is 6.23 Å². The summed E-state index contributed by atoms with van der Waals surface area (Å²) in [6.07, 6.45) is -0.639. The number of nitrogens with zero attached hydrogens (tertiary/aromatic N) is 3. The molecule has 1 aliphatic heterocycles. The van der Waals surface area contributed by atoms with Crippen LogP contribution in [0.5, 0.6) is 17.4 Å². The molecule has 0 saturated heterocycles. The van der Waals surface area contributed by atoms with Crippen LogP contribution in [-0.4, -0.2) is 33.2 Å². The van der Waals surface area contributed by atoms with E-state index in [1.54, 1.807) is 12.1 Å². The Bertz CT molecular complexity index is 1090. The molecule has 1 atom stereocenters. The molecular weight excluding hydrogens is 480 g/mol. The van der Waals surface area contributed by atoms with Gasteiger partial charge in [0.15, 0.2) is 23.4 Å². The van der Waals surface area contributed by atoms with Crippen molar-refractivity contribution in [3.05, 3.63) is 45.4 Å². The second-order valence-electron chi connectivity index (χ2n) is 6.07. The highest BCUT2D eigenvalue weighted by atomic mass is 79.9. The van der Waals surface area contributed by atoms with Crippen molar-refractivity contribution in [3.8, 4) is 28.6 Å². The van der Waals surface area contributed by atoms with Crippen molar-refractivity contribution in [3.63, 3.8) is 0 Å². The van der Waals surface area contributed by atoms with Crippen molar-refractivity contribution in [1.29, 1.82) is 0 Å². The Labute approximate surface area is 184 Å². The number of methoxy groups -OCH3 is 1. The molecular formula is C19H16BrClN4O3S. The summed E-state index contributed by atoms with van der Waals surface area (Å²) >= 11 is 11.2. The van der Waals surface area contributed by atoms with E-state index in [-0.39, 0.29) is 16.5 Å². The molecule has 150 valence electrons. The number of aromatic nitrogens is 3. The first-order valence-electron chi connectivity index (χ1n) is 8.67. The highest BCUT2D eigenvalue weighted by molar-refractivity contribution is 9.10. The molecule has 3 aromatic rings. The second kappa shape index (κ2) is 8.25. The van der Waals surface area contributed by atoms with Crippen LogP contribution >= 0.6 is 39.3 Å². The topological polar surface area (TPSA) is 89.4 Å². The van der Waals surface area contributed by atoms with Gasteiger partial charge in [0.2, 0.25) is 11.0 Å². The second-order valence-corrected chi connectivity index (χ2v) is 8.62. The first-order chi connectivity index (χ1) is 14.0. The average Bonchev–Trinajstić information content (AvgIpc) is 2.86. The molecule has 0 bridgehead atoms. The normalized spacial score (nSPS) is 14.8. The summed E-state index contributed by atoms with van der Waals surface area (Å²) in [5, 5.41) is 22.7. The molecule has 29 heavy (non-hydrogen) atoms. The molecule has 7 nitrogen and oxygen atoms in total. The molecule has 2 heterocycles. The largest absolute Gasteiger partial charge is 0.503 e. The number of phenolic OH excluding ortho intramolecular Hbond substituents is 1. The molecule has 0 amide bonds. The number of hydrogen-bond acceptors (Lipinski definition) is 8. The van der Waals surface area contributed by atoms with Gasteiger partial charge in [-0.25, -0.2) is 0 Å². The Hall–Kier alpha value is -2.23. The lowest BCUT2D eigenvalue weighted by molar-refractivity contribution is 0.224. The summed E-state index contributed by atoms with van der Waals surface area (Å²) in [6, 6.07) is 9.05. The number of thioether (sulfide) groups is 1. The number of nitrogens with one attached hydrogen (secondary N) is 1. The number of benzene rings is 2. The van der Waals surface area contributed by atoms with Crippen molar-refractivity contribution in [1.82, 2.24) is 15.2 Å². The highest BCUT2D eigenvalue weighted by Crippen LogP contribution is 2.43. The van der Waals surface area contributed by atoms with Gasteiger partial charge in [0.05, 0.1) is 12.1 Å². The van der Waals surface area contributed by atoms with E-state index in [9.17, 15) is 5.11 Å². The maximum absolute atomic E-state index is 10.1. The number of aromatic hydroxyl groups is 1. The summed E-state index contributed by atoms with van der Waals surface area (Å²) < 4.78 is 12.3. The van der Waals surface area contributed by atoms with Crippen molar-refractivity contribution in [2.75, 3.05) is 18.2 Å². The van der Waals surface area contributed by atoms with Crippen LogP contribution in [0.1, 0.15) is 18.7 Å². The van der Waals surface area contributed by atoms with Gasteiger partial charge in [-0.15, -0.1) is 10.2 Å². The lowest BCUT2D eigenvalue weighted by Crippen LogP contribution is -2.17. The van der Waals surface area contributed by atoms with Crippen LogP contribution in [0.15, 0.2) is 40.0 Å². The highest BCUT2D eigenvalue weighted by Gasteiger charge is 2.27. The lowest BCUT2D eigenvalue weighted by Gasteiger charge is -2.20. The van der Waals surface area contributed by atoms with Gasteiger partial charge < -0.3 is 19.9 Å². The molecule has 4 rings (SSSR count). The Balaban J connectivity index is 1.86. The molecule has 0 saturated carbocycles. The van der Waals surface area contributed by atoms with Gasteiger partial charge >= 0.3 is 0 Å². The van der Waals surface area contributed by atoms with E-state index in [1.807, 2.05) is 25.1 Å². The quantitative estimate of drug-likeness (QED) is 0.472. The van der Waals surface area contributed by atoms with Crippen molar-refractivity contribution in [2.24, 2.45) is 0 Å². The van der Waals surface area contributed by atoms with E-state index in [4.69, 9.17) is 21.1 Å². The fraction of sp³-hybridized carbons (Fsp3) is 0.211. The lowest BCUT2D eigenvalue weighted by atomic mass is 10.1. The van der Waals surface area contributed by atoms with Gasteiger partial charge in [-0.1, -0.05) is 46.2 Å².